The van der Waals surface area contributed by atoms with Gasteiger partial charge in [0.15, 0.2) is 0 Å². The lowest BCUT2D eigenvalue weighted by Gasteiger charge is -2.11. The molecule has 0 radical (unpaired) electrons. The molecule has 2 aromatic carbocycles. The zero-order valence-corrected chi connectivity index (χ0v) is 18.9. The number of ether oxygens (including phenoxy) is 1. The molecule has 0 bridgehead atoms. The number of aromatic nitrogens is 3. The molecule has 0 amide bonds. The third-order valence-corrected chi connectivity index (χ3v) is 5.71. The Morgan fingerprint density at radius 2 is 2.00 bits per heavy atom. The van der Waals surface area contributed by atoms with Gasteiger partial charge in [0.2, 0.25) is 5.88 Å². The number of anilines is 2. The second-order valence-electron chi connectivity index (χ2n) is 6.67. The summed E-state index contributed by atoms with van der Waals surface area (Å²) in [6, 6.07) is 12.2. The highest BCUT2D eigenvalue weighted by molar-refractivity contribution is 7.11. The van der Waals surface area contributed by atoms with Crippen molar-refractivity contribution in [1.29, 1.82) is 5.41 Å². The van der Waals surface area contributed by atoms with Gasteiger partial charge in [-0.2, -0.15) is 4.37 Å². The quantitative estimate of drug-likeness (QED) is 0.163. The van der Waals surface area contributed by atoms with Gasteiger partial charge in [-0.15, -0.1) is 0 Å². The number of hydrogen-bond acceptors (Lipinski definition) is 7. The van der Waals surface area contributed by atoms with Crippen LogP contribution < -0.4 is 15.4 Å². The van der Waals surface area contributed by atoms with Crippen molar-refractivity contribution in [3.63, 3.8) is 0 Å². The Morgan fingerprint density at radius 3 is 2.75 bits per heavy atom. The number of hydrogen-bond donors (Lipinski definition) is 5. The number of H-pyrrole nitrogens is 1. The topological polar surface area (TPSA) is 119 Å². The van der Waals surface area contributed by atoms with E-state index in [4.69, 9.17) is 33.3 Å². The fourth-order valence-electron chi connectivity index (χ4n) is 2.84. The molecule has 4 rings (SSSR count). The molecule has 2 aromatic heterocycles. The Morgan fingerprint density at radius 1 is 1.19 bits per heavy atom. The van der Waals surface area contributed by atoms with E-state index in [1.807, 2.05) is 12.1 Å². The minimum absolute atomic E-state index is 0.0776. The van der Waals surface area contributed by atoms with Gasteiger partial charge >= 0.3 is 0 Å². The van der Waals surface area contributed by atoms with Crippen LogP contribution in [0.4, 0.5) is 10.7 Å². The molecule has 0 unspecified atom stereocenters. The highest BCUT2D eigenvalue weighted by Gasteiger charge is 2.18. The van der Waals surface area contributed by atoms with Crippen LogP contribution in [0.2, 0.25) is 10.0 Å². The molecule has 0 spiro atoms. The summed E-state index contributed by atoms with van der Waals surface area (Å²) in [7, 11) is 0. The molecule has 4 aromatic rings. The van der Waals surface area contributed by atoms with Gasteiger partial charge in [-0.25, -0.2) is 4.98 Å². The number of aromatic amines is 1. The molecule has 5 N–H and O–H groups in total. The van der Waals surface area contributed by atoms with Gasteiger partial charge in [0, 0.05) is 41.6 Å². The molecule has 0 saturated carbocycles. The van der Waals surface area contributed by atoms with Gasteiger partial charge in [-0.1, -0.05) is 23.2 Å². The lowest BCUT2D eigenvalue weighted by molar-refractivity contribution is 0.458. The van der Waals surface area contributed by atoms with Crippen molar-refractivity contribution in [3.8, 4) is 17.4 Å². The molecular formula is C21H18Cl2N6O2S. The number of halogens is 2. The molecule has 32 heavy (non-hydrogen) atoms. The van der Waals surface area contributed by atoms with Gasteiger partial charge in [0.1, 0.15) is 27.9 Å². The summed E-state index contributed by atoms with van der Waals surface area (Å²) < 4.78 is 9.76. The summed E-state index contributed by atoms with van der Waals surface area (Å²) in [5, 5.41) is 26.2. The SMILES string of the molecule is N=C(NCCc1cnc[nH]1)c1c(O)nsc1Nc1ccc(Oc2cc(Cl)ccc2Cl)cc1. The maximum atomic E-state index is 10.1. The van der Waals surface area contributed by atoms with Crippen molar-refractivity contribution in [2.45, 2.75) is 6.42 Å². The first-order chi connectivity index (χ1) is 15.5. The van der Waals surface area contributed by atoms with Crippen molar-refractivity contribution in [3.05, 3.63) is 76.3 Å². The summed E-state index contributed by atoms with van der Waals surface area (Å²) in [5.74, 6) is 0.922. The van der Waals surface area contributed by atoms with E-state index < -0.39 is 0 Å². The zero-order chi connectivity index (χ0) is 22.5. The van der Waals surface area contributed by atoms with Crippen molar-refractivity contribution < 1.29 is 9.84 Å². The molecule has 0 aliphatic carbocycles. The van der Waals surface area contributed by atoms with Gasteiger partial charge < -0.3 is 25.5 Å². The van der Waals surface area contributed by atoms with Crippen LogP contribution in [-0.4, -0.2) is 31.8 Å². The van der Waals surface area contributed by atoms with E-state index in [1.54, 1.807) is 42.9 Å². The van der Waals surface area contributed by atoms with Gasteiger partial charge in [0.25, 0.3) is 0 Å². The van der Waals surface area contributed by atoms with Crippen molar-refractivity contribution in [2.75, 3.05) is 11.9 Å². The molecule has 2 heterocycles. The third kappa shape index (κ3) is 5.31. The van der Waals surface area contributed by atoms with Crippen LogP contribution in [0.3, 0.4) is 0 Å². The highest BCUT2D eigenvalue weighted by Crippen LogP contribution is 2.34. The van der Waals surface area contributed by atoms with E-state index >= 15 is 0 Å². The molecule has 0 saturated heterocycles. The van der Waals surface area contributed by atoms with Gasteiger partial charge in [-0.3, -0.25) is 5.41 Å². The predicted octanol–water partition coefficient (Wildman–Crippen LogP) is 5.57. The maximum absolute atomic E-state index is 10.1. The van der Waals surface area contributed by atoms with Gasteiger partial charge in [0.05, 0.1) is 11.3 Å². The average Bonchev–Trinajstić information content (AvgIpc) is 3.42. The average molecular weight is 489 g/mol. The summed E-state index contributed by atoms with van der Waals surface area (Å²) >= 11 is 13.2. The van der Waals surface area contributed by atoms with Crippen LogP contribution in [0, 0.1) is 5.41 Å². The minimum Gasteiger partial charge on any atom is -0.492 e. The predicted molar refractivity (Wildman–Crippen MR) is 127 cm³/mol. The third-order valence-electron chi connectivity index (χ3n) is 4.41. The molecular weight excluding hydrogens is 471 g/mol. The lowest BCUT2D eigenvalue weighted by Crippen LogP contribution is -2.26. The van der Waals surface area contributed by atoms with Crippen LogP contribution in [0.5, 0.6) is 17.4 Å². The number of nitrogens with one attached hydrogen (secondary N) is 4. The number of nitrogens with zero attached hydrogens (tertiary/aromatic N) is 2. The molecule has 0 fully saturated rings. The first kappa shape index (κ1) is 21.9. The second-order valence-corrected chi connectivity index (χ2v) is 8.28. The normalized spacial score (nSPS) is 10.7. The van der Waals surface area contributed by atoms with E-state index in [2.05, 4.69) is 25.0 Å². The fraction of sp³-hybridized carbons (Fsp3) is 0.0952. The molecule has 8 nitrogen and oxygen atoms in total. The Kier molecular flexibility index (Phi) is 6.79. The highest BCUT2D eigenvalue weighted by atomic mass is 35.5. The molecule has 164 valence electrons. The number of amidine groups is 1. The Labute approximate surface area is 197 Å². The summed E-state index contributed by atoms with van der Waals surface area (Å²) in [6.45, 7) is 0.508. The van der Waals surface area contributed by atoms with E-state index in [9.17, 15) is 5.11 Å². The molecule has 0 aliphatic rings. The van der Waals surface area contributed by atoms with Crippen LogP contribution in [0.25, 0.3) is 0 Å². The number of imidazole rings is 1. The van der Waals surface area contributed by atoms with Crippen LogP contribution in [0.15, 0.2) is 55.0 Å². The second kappa shape index (κ2) is 9.90. The molecule has 0 aliphatic heterocycles. The minimum atomic E-state index is -0.202. The smallest absolute Gasteiger partial charge is 0.236 e. The van der Waals surface area contributed by atoms with Crippen LogP contribution in [-0.2, 0) is 6.42 Å². The van der Waals surface area contributed by atoms with E-state index in [-0.39, 0.29) is 11.7 Å². The summed E-state index contributed by atoms with van der Waals surface area (Å²) in [4.78, 5) is 6.97. The summed E-state index contributed by atoms with van der Waals surface area (Å²) in [6.07, 6.45) is 4.01. The fourth-order valence-corrected chi connectivity index (χ4v) is 3.88. The standard InChI is InChI=1S/C21H18Cl2N6O2S/c22-12-1-6-16(23)17(9-12)31-15-4-2-13(3-5-15)28-21-18(20(30)29-32-21)19(24)26-8-7-14-10-25-11-27-14/h1-6,9-11,28H,7-8H2,(H2,24,26)(H,25,27)(H,29,30). The Bertz CT molecular complexity index is 1210. The number of aromatic hydroxyl groups is 1. The van der Waals surface area contributed by atoms with Crippen molar-refractivity contribution >= 4 is 51.3 Å². The largest absolute Gasteiger partial charge is 0.492 e. The molecule has 0 atom stereocenters. The first-order valence-electron chi connectivity index (χ1n) is 9.48. The lowest BCUT2D eigenvalue weighted by atomic mass is 10.2. The summed E-state index contributed by atoms with van der Waals surface area (Å²) in [5.41, 5.74) is 2.01. The Hall–Kier alpha value is -3.27. The van der Waals surface area contributed by atoms with Crippen molar-refractivity contribution in [2.24, 2.45) is 0 Å². The number of rotatable bonds is 8. The first-order valence-corrected chi connectivity index (χ1v) is 11.0. The number of benzene rings is 2. The van der Waals surface area contributed by atoms with Crippen molar-refractivity contribution in [1.82, 2.24) is 19.7 Å². The van der Waals surface area contributed by atoms with E-state index in [1.165, 1.54) is 0 Å². The van der Waals surface area contributed by atoms with Gasteiger partial charge in [-0.05, 0) is 47.9 Å². The maximum Gasteiger partial charge on any atom is 0.236 e. The van der Waals surface area contributed by atoms with E-state index in [0.29, 0.717) is 45.1 Å². The van der Waals surface area contributed by atoms with E-state index in [0.717, 1.165) is 22.9 Å². The van der Waals surface area contributed by atoms with Crippen LogP contribution in [0.1, 0.15) is 11.3 Å². The molecule has 11 heteroatoms. The monoisotopic (exact) mass is 488 g/mol. The Balaban J connectivity index is 1.41. The van der Waals surface area contributed by atoms with Crippen LogP contribution >= 0.6 is 34.7 Å². The zero-order valence-electron chi connectivity index (χ0n) is 16.5.